The summed E-state index contributed by atoms with van der Waals surface area (Å²) < 4.78 is 2.29. The number of nitrogens with zero attached hydrogens (tertiary/aromatic N) is 2. The van der Waals surface area contributed by atoms with Gasteiger partial charge < -0.3 is 0 Å². The molecule has 26 heavy (non-hydrogen) atoms. The minimum Gasteiger partial charge on any atom is -0.299 e. The lowest BCUT2D eigenvalue weighted by molar-refractivity contribution is 0.532. The highest BCUT2D eigenvalue weighted by atomic mass is 15.1. The number of hydrogen-bond acceptors (Lipinski definition) is 1. The van der Waals surface area contributed by atoms with Crippen molar-refractivity contribution in [3.05, 3.63) is 72.1 Å². The van der Waals surface area contributed by atoms with Crippen molar-refractivity contribution in [2.24, 2.45) is 11.8 Å². The predicted molar refractivity (Wildman–Crippen MR) is 111 cm³/mol. The molecule has 0 saturated carbocycles. The fourth-order valence-corrected chi connectivity index (χ4v) is 3.52. The van der Waals surface area contributed by atoms with E-state index in [-0.39, 0.29) is 0 Å². The van der Waals surface area contributed by atoms with E-state index in [0.29, 0.717) is 17.8 Å². The molecule has 0 saturated heterocycles. The number of hydrogen-bond donors (Lipinski definition) is 0. The van der Waals surface area contributed by atoms with Crippen LogP contribution in [0, 0.1) is 11.8 Å². The molecule has 0 aliphatic heterocycles. The third kappa shape index (κ3) is 3.75. The molecule has 1 heterocycles. The van der Waals surface area contributed by atoms with Crippen LogP contribution >= 0.6 is 0 Å². The standard InChI is InChI=1S/C24H30N2/c1-17(2)16-21-12-9-13-22(19(5)18(3)4)23(21)26-15-14-25-24(26)20-10-7-6-8-11-20/h6-15,17-19H,16H2,1-5H3. The van der Waals surface area contributed by atoms with E-state index in [1.165, 1.54) is 16.8 Å². The quantitative estimate of drug-likeness (QED) is 0.498. The number of rotatable bonds is 6. The van der Waals surface area contributed by atoms with Gasteiger partial charge in [-0.05, 0) is 35.3 Å². The van der Waals surface area contributed by atoms with Gasteiger partial charge in [0.1, 0.15) is 5.82 Å². The van der Waals surface area contributed by atoms with Crippen LogP contribution in [0.25, 0.3) is 17.1 Å². The zero-order valence-electron chi connectivity index (χ0n) is 16.6. The second-order valence-corrected chi connectivity index (χ2v) is 7.97. The monoisotopic (exact) mass is 346 g/mol. The maximum absolute atomic E-state index is 4.69. The summed E-state index contributed by atoms with van der Waals surface area (Å²) in [6.45, 7) is 11.5. The Labute approximate surface area is 157 Å². The molecule has 0 spiro atoms. The maximum atomic E-state index is 4.69. The van der Waals surface area contributed by atoms with Crippen LogP contribution in [0.1, 0.15) is 51.7 Å². The molecule has 2 aromatic carbocycles. The zero-order chi connectivity index (χ0) is 18.7. The van der Waals surface area contributed by atoms with Crippen LogP contribution in [-0.4, -0.2) is 9.55 Å². The highest BCUT2D eigenvalue weighted by molar-refractivity contribution is 5.62. The van der Waals surface area contributed by atoms with Crippen molar-refractivity contribution in [3.63, 3.8) is 0 Å². The van der Waals surface area contributed by atoms with E-state index in [0.717, 1.165) is 17.8 Å². The van der Waals surface area contributed by atoms with Crippen molar-refractivity contribution < 1.29 is 0 Å². The molecule has 1 aromatic heterocycles. The first-order valence-corrected chi connectivity index (χ1v) is 9.70. The van der Waals surface area contributed by atoms with Gasteiger partial charge in [0.15, 0.2) is 0 Å². The molecule has 0 bridgehead atoms. The van der Waals surface area contributed by atoms with Gasteiger partial charge in [0.2, 0.25) is 0 Å². The van der Waals surface area contributed by atoms with Gasteiger partial charge in [0.05, 0.1) is 5.69 Å². The summed E-state index contributed by atoms with van der Waals surface area (Å²) in [6.07, 6.45) is 5.09. The molecule has 0 radical (unpaired) electrons. The molecule has 0 aliphatic rings. The van der Waals surface area contributed by atoms with Crippen LogP contribution in [0.4, 0.5) is 0 Å². The average Bonchev–Trinajstić information content (AvgIpc) is 3.10. The summed E-state index contributed by atoms with van der Waals surface area (Å²) in [4.78, 5) is 4.69. The van der Waals surface area contributed by atoms with Crippen LogP contribution in [0.2, 0.25) is 0 Å². The summed E-state index contributed by atoms with van der Waals surface area (Å²) in [7, 11) is 0. The van der Waals surface area contributed by atoms with Crippen LogP contribution < -0.4 is 0 Å². The van der Waals surface area contributed by atoms with E-state index in [4.69, 9.17) is 4.98 Å². The first-order valence-electron chi connectivity index (χ1n) is 9.70. The second-order valence-electron chi connectivity index (χ2n) is 7.97. The normalized spacial score (nSPS) is 12.7. The Hall–Kier alpha value is -2.35. The summed E-state index contributed by atoms with van der Waals surface area (Å²) >= 11 is 0. The SMILES string of the molecule is CC(C)Cc1cccc(C(C)C(C)C)c1-n1ccnc1-c1ccccc1. The summed E-state index contributed by atoms with van der Waals surface area (Å²) in [5.41, 5.74) is 5.28. The summed E-state index contributed by atoms with van der Waals surface area (Å²) in [5, 5.41) is 0. The molecular weight excluding hydrogens is 316 g/mol. The Kier molecular flexibility index (Phi) is 5.61. The summed E-state index contributed by atoms with van der Waals surface area (Å²) in [6, 6.07) is 17.3. The number of benzene rings is 2. The maximum Gasteiger partial charge on any atom is 0.144 e. The van der Waals surface area contributed by atoms with Crippen molar-refractivity contribution in [2.45, 2.75) is 47.0 Å². The molecule has 1 unspecified atom stereocenters. The lowest BCUT2D eigenvalue weighted by Crippen LogP contribution is -2.12. The van der Waals surface area contributed by atoms with Crippen LogP contribution in [0.3, 0.4) is 0 Å². The minimum absolute atomic E-state index is 0.489. The van der Waals surface area contributed by atoms with Crippen LogP contribution in [0.5, 0.6) is 0 Å². The molecule has 0 aliphatic carbocycles. The molecule has 136 valence electrons. The lowest BCUT2D eigenvalue weighted by atomic mass is 9.86. The van der Waals surface area contributed by atoms with Crippen molar-refractivity contribution in [1.82, 2.24) is 9.55 Å². The number of imidazole rings is 1. The van der Waals surface area contributed by atoms with Gasteiger partial charge in [0, 0.05) is 18.0 Å². The Morgan fingerprint density at radius 3 is 2.27 bits per heavy atom. The van der Waals surface area contributed by atoms with Gasteiger partial charge in [-0.25, -0.2) is 4.98 Å². The molecule has 2 nitrogen and oxygen atoms in total. The molecule has 2 heteroatoms. The minimum atomic E-state index is 0.489. The van der Waals surface area contributed by atoms with Gasteiger partial charge in [-0.2, -0.15) is 0 Å². The Morgan fingerprint density at radius 1 is 0.885 bits per heavy atom. The molecule has 3 aromatic rings. The van der Waals surface area contributed by atoms with Gasteiger partial charge in [-0.1, -0.05) is 83.1 Å². The van der Waals surface area contributed by atoms with Gasteiger partial charge in [-0.15, -0.1) is 0 Å². The van der Waals surface area contributed by atoms with Gasteiger partial charge in [-0.3, -0.25) is 4.57 Å². The molecule has 0 N–H and O–H groups in total. The Bertz CT molecular complexity index is 844. The average molecular weight is 347 g/mol. The highest BCUT2D eigenvalue weighted by Gasteiger charge is 2.20. The molecule has 0 amide bonds. The second kappa shape index (κ2) is 7.90. The third-order valence-corrected chi connectivity index (χ3v) is 5.18. The Morgan fingerprint density at radius 2 is 1.62 bits per heavy atom. The smallest absolute Gasteiger partial charge is 0.144 e. The van der Waals surface area contributed by atoms with Gasteiger partial charge in [0.25, 0.3) is 0 Å². The predicted octanol–water partition coefficient (Wildman–Crippen LogP) is 6.50. The first kappa shape index (κ1) is 18.4. The van der Waals surface area contributed by atoms with E-state index >= 15 is 0 Å². The van der Waals surface area contributed by atoms with Crippen molar-refractivity contribution in [3.8, 4) is 17.1 Å². The first-order chi connectivity index (χ1) is 12.5. The largest absolute Gasteiger partial charge is 0.299 e. The number of para-hydroxylation sites is 1. The molecule has 3 rings (SSSR count). The molecule has 0 fully saturated rings. The topological polar surface area (TPSA) is 17.8 Å². The van der Waals surface area contributed by atoms with Crippen molar-refractivity contribution in [1.29, 1.82) is 0 Å². The van der Waals surface area contributed by atoms with Gasteiger partial charge >= 0.3 is 0 Å². The fourth-order valence-electron chi connectivity index (χ4n) is 3.52. The van der Waals surface area contributed by atoms with E-state index in [1.807, 2.05) is 6.20 Å². The van der Waals surface area contributed by atoms with Crippen molar-refractivity contribution in [2.75, 3.05) is 0 Å². The zero-order valence-corrected chi connectivity index (χ0v) is 16.6. The lowest BCUT2D eigenvalue weighted by Gasteiger charge is -2.24. The van der Waals surface area contributed by atoms with E-state index in [2.05, 4.69) is 93.9 Å². The fraction of sp³-hybridized carbons (Fsp3) is 0.375. The highest BCUT2D eigenvalue weighted by Crippen LogP contribution is 2.34. The van der Waals surface area contributed by atoms with Crippen molar-refractivity contribution >= 4 is 0 Å². The molecule has 1 atom stereocenters. The molecular formula is C24H30N2. The third-order valence-electron chi connectivity index (χ3n) is 5.18. The van der Waals surface area contributed by atoms with E-state index in [1.54, 1.807) is 0 Å². The van der Waals surface area contributed by atoms with E-state index in [9.17, 15) is 0 Å². The van der Waals surface area contributed by atoms with Crippen LogP contribution in [0.15, 0.2) is 60.9 Å². The summed E-state index contributed by atoms with van der Waals surface area (Å²) in [5.74, 6) is 2.70. The number of aromatic nitrogens is 2. The van der Waals surface area contributed by atoms with Crippen LogP contribution in [-0.2, 0) is 6.42 Å². The van der Waals surface area contributed by atoms with E-state index < -0.39 is 0 Å². The Balaban J connectivity index is 2.22.